The number of rotatable bonds is 4. The van der Waals surface area contributed by atoms with Gasteiger partial charge in [-0.2, -0.15) is 13.2 Å². The second-order valence-corrected chi connectivity index (χ2v) is 6.93. The molecule has 0 spiro atoms. The maximum atomic E-state index is 12.7. The Morgan fingerprint density at radius 3 is 2.20 bits per heavy atom. The van der Waals surface area contributed by atoms with Crippen LogP contribution >= 0.6 is 0 Å². The maximum absolute atomic E-state index is 12.7. The Morgan fingerprint density at radius 1 is 1.00 bits per heavy atom. The number of hydrogen-bond acceptors (Lipinski definition) is 2. The fourth-order valence-electron chi connectivity index (χ4n) is 3.51. The highest BCUT2D eigenvalue weighted by Crippen LogP contribution is 2.37. The van der Waals surface area contributed by atoms with Crippen LogP contribution in [0.3, 0.4) is 0 Å². The van der Waals surface area contributed by atoms with E-state index in [1.807, 2.05) is 18.2 Å². The molecular weight excluding hydrogens is 327 g/mol. The van der Waals surface area contributed by atoms with Crippen LogP contribution in [-0.2, 0) is 18.3 Å². The fraction of sp³-hybridized carbons (Fsp3) is 0.400. The maximum Gasteiger partial charge on any atom is 0.416 e. The molecule has 0 radical (unpaired) electrons. The summed E-state index contributed by atoms with van der Waals surface area (Å²) in [5, 5.41) is 11.0. The molecule has 2 aromatic carbocycles. The van der Waals surface area contributed by atoms with Crippen molar-refractivity contribution < 1.29 is 18.3 Å². The lowest BCUT2D eigenvalue weighted by Crippen LogP contribution is -2.34. The van der Waals surface area contributed by atoms with Gasteiger partial charge in [0.1, 0.15) is 0 Å². The van der Waals surface area contributed by atoms with Gasteiger partial charge >= 0.3 is 6.18 Å². The number of hydrogen-bond donors (Lipinski definition) is 1. The van der Waals surface area contributed by atoms with E-state index in [9.17, 15) is 18.3 Å². The third-order valence-electron chi connectivity index (χ3n) is 5.11. The number of likely N-dealkylation sites (tertiary alicyclic amines) is 1. The van der Waals surface area contributed by atoms with Crippen LogP contribution in [0.2, 0.25) is 0 Å². The fourth-order valence-corrected chi connectivity index (χ4v) is 3.51. The lowest BCUT2D eigenvalue weighted by molar-refractivity contribution is -0.137. The topological polar surface area (TPSA) is 23.5 Å². The summed E-state index contributed by atoms with van der Waals surface area (Å²) in [6.07, 6.45) is -3.54. The highest BCUT2D eigenvalue weighted by Gasteiger charge is 2.39. The predicted molar refractivity (Wildman–Crippen MR) is 90.8 cm³/mol. The van der Waals surface area contributed by atoms with Crippen molar-refractivity contribution in [3.63, 3.8) is 0 Å². The Hall–Kier alpha value is -1.85. The van der Waals surface area contributed by atoms with Gasteiger partial charge in [0, 0.05) is 19.0 Å². The van der Waals surface area contributed by atoms with E-state index in [0.29, 0.717) is 5.56 Å². The molecule has 25 heavy (non-hydrogen) atoms. The minimum atomic E-state index is -4.36. The molecular formula is C20H22F3NO. The van der Waals surface area contributed by atoms with Crippen LogP contribution < -0.4 is 0 Å². The minimum absolute atomic E-state index is 0.00653. The Morgan fingerprint density at radius 2 is 1.60 bits per heavy atom. The van der Waals surface area contributed by atoms with Gasteiger partial charge in [0.25, 0.3) is 0 Å². The molecule has 1 N–H and O–H groups in total. The molecule has 2 aromatic rings. The molecule has 0 amide bonds. The first-order valence-electron chi connectivity index (χ1n) is 8.43. The molecule has 1 aliphatic rings. The lowest BCUT2D eigenvalue weighted by Gasteiger charge is -2.31. The average Bonchev–Trinajstić information content (AvgIpc) is 3.04. The Bertz CT molecular complexity index is 695. The average molecular weight is 349 g/mol. The van der Waals surface area contributed by atoms with E-state index in [1.54, 1.807) is 6.92 Å². The van der Waals surface area contributed by atoms with Crippen molar-refractivity contribution in [3.05, 3.63) is 71.3 Å². The normalized spacial score (nSPS) is 21.2. The van der Waals surface area contributed by atoms with Gasteiger partial charge in [-0.05, 0) is 43.1 Å². The van der Waals surface area contributed by atoms with Crippen LogP contribution in [0.25, 0.3) is 0 Å². The largest absolute Gasteiger partial charge is 0.416 e. The molecule has 1 saturated heterocycles. The molecule has 134 valence electrons. The van der Waals surface area contributed by atoms with Gasteiger partial charge in [-0.3, -0.25) is 4.90 Å². The first kappa shape index (κ1) is 18.0. The van der Waals surface area contributed by atoms with Crippen molar-refractivity contribution in [3.8, 4) is 0 Å². The zero-order valence-corrected chi connectivity index (χ0v) is 14.1. The van der Waals surface area contributed by atoms with Crippen molar-refractivity contribution >= 4 is 0 Å². The summed E-state index contributed by atoms with van der Waals surface area (Å²) in [5.41, 5.74) is -0.0798. The van der Waals surface area contributed by atoms with E-state index >= 15 is 0 Å². The number of aliphatic hydroxyl groups is 1. The molecule has 2 nitrogen and oxygen atoms in total. The van der Waals surface area contributed by atoms with Crippen molar-refractivity contribution in [2.24, 2.45) is 5.92 Å². The molecule has 0 aliphatic carbocycles. The molecule has 0 saturated carbocycles. The second-order valence-electron chi connectivity index (χ2n) is 6.93. The van der Waals surface area contributed by atoms with Crippen LogP contribution in [0.1, 0.15) is 30.0 Å². The van der Waals surface area contributed by atoms with E-state index < -0.39 is 17.3 Å². The molecule has 2 atom stereocenters. The minimum Gasteiger partial charge on any atom is -0.385 e. The number of halogens is 3. The summed E-state index contributed by atoms with van der Waals surface area (Å²) in [6.45, 7) is 4.12. The van der Waals surface area contributed by atoms with Gasteiger partial charge in [0.15, 0.2) is 0 Å². The molecule has 1 fully saturated rings. The number of alkyl halides is 3. The van der Waals surface area contributed by atoms with E-state index in [2.05, 4.69) is 17.0 Å². The lowest BCUT2D eigenvalue weighted by atomic mass is 9.82. The van der Waals surface area contributed by atoms with Crippen molar-refractivity contribution in [2.75, 3.05) is 13.1 Å². The van der Waals surface area contributed by atoms with Gasteiger partial charge in [-0.25, -0.2) is 0 Å². The smallest absolute Gasteiger partial charge is 0.385 e. The summed E-state index contributed by atoms with van der Waals surface area (Å²) >= 11 is 0. The SMILES string of the molecule is CC(O)(c1ccc(C(F)(F)F)cc1)C1CCN(Cc2ccccc2)C1. The van der Waals surface area contributed by atoms with Crippen molar-refractivity contribution in [1.82, 2.24) is 4.90 Å². The highest BCUT2D eigenvalue weighted by atomic mass is 19.4. The molecule has 3 rings (SSSR count). The summed E-state index contributed by atoms with van der Waals surface area (Å²) in [5.74, 6) is -0.00653. The second kappa shape index (κ2) is 6.81. The summed E-state index contributed by atoms with van der Waals surface area (Å²) in [7, 11) is 0. The summed E-state index contributed by atoms with van der Waals surface area (Å²) in [6, 6.07) is 15.0. The highest BCUT2D eigenvalue weighted by molar-refractivity contribution is 5.29. The first-order chi connectivity index (χ1) is 11.8. The predicted octanol–water partition coefficient (Wildman–Crippen LogP) is 4.44. The third-order valence-corrected chi connectivity index (χ3v) is 5.11. The van der Waals surface area contributed by atoms with E-state index in [4.69, 9.17) is 0 Å². The van der Waals surface area contributed by atoms with Crippen LogP contribution in [-0.4, -0.2) is 23.1 Å². The van der Waals surface area contributed by atoms with Gasteiger partial charge < -0.3 is 5.11 Å². The summed E-state index contributed by atoms with van der Waals surface area (Å²) in [4.78, 5) is 2.28. The van der Waals surface area contributed by atoms with Gasteiger partial charge in [0.05, 0.1) is 11.2 Å². The van der Waals surface area contributed by atoms with Gasteiger partial charge in [-0.1, -0.05) is 42.5 Å². The Labute approximate surface area is 145 Å². The van der Waals surface area contributed by atoms with Crippen LogP contribution in [0.5, 0.6) is 0 Å². The number of nitrogens with zero attached hydrogens (tertiary/aromatic N) is 1. The molecule has 1 heterocycles. The standard InChI is InChI=1S/C20H22F3NO/c1-19(25,16-7-9-17(10-8-16)20(21,22)23)18-11-12-24(14-18)13-15-5-3-2-4-6-15/h2-10,18,25H,11-14H2,1H3. The third kappa shape index (κ3) is 4.05. The van der Waals surface area contributed by atoms with Crippen LogP contribution in [0.15, 0.2) is 54.6 Å². The first-order valence-corrected chi connectivity index (χ1v) is 8.43. The van der Waals surface area contributed by atoms with Crippen LogP contribution in [0, 0.1) is 5.92 Å². The summed E-state index contributed by atoms with van der Waals surface area (Å²) < 4.78 is 38.1. The van der Waals surface area contributed by atoms with Gasteiger partial charge in [-0.15, -0.1) is 0 Å². The molecule has 1 aliphatic heterocycles. The van der Waals surface area contributed by atoms with Crippen LogP contribution in [0.4, 0.5) is 13.2 Å². The van der Waals surface area contributed by atoms with Crippen molar-refractivity contribution in [2.45, 2.75) is 31.7 Å². The van der Waals surface area contributed by atoms with E-state index in [1.165, 1.54) is 17.7 Å². The monoisotopic (exact) mass is 349 g/mol. The van der Waals surface area contributed by atoms with E-state index in [0.717, 1.165) is 38.2 Å². The van der Waals surface area contributed by atoms with Crippen molar-refractivity contribution in [1.29, 1.82) is 0 Å². The Balaban J connectivity index is 1.68. The molecule has 2 unspecified atom stereocenters. The zero-order valence-electron chi connectivity index (χ0n) is 14.1. The van der Waals surface area contributed by atoms with Gasteiger partial charge in [0.2, 0.25) is 0 Å². The molecule has 0 bridgehead atoms. The zero-order chi connectivity index (χ0) is 18.1. The molecule has 0 aromatic heterocycles. The van der Waals surface area contributed by atoms with E-state index in [-0.39, 0.29) is 5.92 Å². The molecule has 5 heteroatoms. The Kier molecular flexibility index (Phi) is 4.89. The number of benzene rings is 2. The quantitative estimate of drug-likeness (QED) is 0.882.